The minimum absolute atomic E-state index is 0.471. The van der Waals surface area contributed by atoms with Crippen molar-refractivity contribution in [1.29, 1.82) is 0 Å². The van der Waals surface area contributed by atoms with E-state index in [0.29, 0.717) is 17.5 Å². The van der Waals surface area contributed by atoms with E-state index in [0.717, 1.165) is 19.4 Å². The number of ether oxygens (including phenoxy) is 1. The van der Waals surface area contributed by atoms with Gasteiger partial charge in [0.25, 0.3) is 0 Å². The van der Waals surface area contributed by atoms with Crippen LogP contribution in [0.3, 0.4) is 0 Å². The molecule has 0 spiro atoms. The second-order valence-corrected chi connectivity index (χ2v) is 3.38. The van der Waals surface area contributed by atoms with E-state index in [2.05, 4.69) is 18.8 Å². The van der Waals surface area contributed by atoms with Crippen molar-refractivity contribution >= 4 is 5.82 Å². The largest absolute Gasteiger partial charge is 0.489 e. The van der Waals surface area contributed by atoms with Gasteiger partial charge in [0.05, 0.1) is 6.61 Å². The number of nitrogens with zero attached hydrogens (tertiary/aromatic N) is 1. The van der Waals surface area contributed by atoms with Crippen molar-refractivity contribution < 1.29 is 4.74 Å². The normalized spacial score (nSPS) is 10.5. The van der Waals surface area contributed by atoms with Crippen LogP contribution in [0.4, 0.5) is 5.82 Å². The van der Waals surface area contributed by atoms with E-state index < -0.39 is 0 Å². The highest BCUT2D eigenvalue weighted by Gasteiger charge is 2.06. The third kappa shape index (κ3) is 2.91. The summed E-state index contributed by atoms with van der Waals surface area (Å²) in [5, 5.41) is 0. The highest BCUT2D eigenvalue weighted by molar-refractivity contribution is 5.44. The summed E-state index contributed by atoms with van der Waals surface area (Å²) in [5.74, 6) is 1.77. The summed E-state index contributed by atoms with van der Waals surface area (Å²) >= 11 is 0. The predicted molar refractivity (Wildman–Crippen MR) is 58.2 cm³/mol. The van der Waals surface area contributed by atoms with Crippen LogP contribution >= 0.6 is 0 Å². The van der Waals surface area contributed by atoms with Gasteiger partial charge in [-0.3, -0.25) is 0 Å². The van der Waals surface area contributed by atoms with Gasteiger partial charge < -0.3 is 10.5 Å². The van der Waals surface area contributed by atoms with E-state index in [1.165, 1.54) is 0 Å². The Morgan fingerprint density at radius 1 is 1.43 bits per heavy atom. The van der Waals surface area contributed by atoms with Crippen LogP contribution in [0, 0.1) is 5.92 Å². The molecular formula is C11H18N2O. The van der Waals surface area contributed by atoms with Crippen molar-refractivity contribution in [3.05, 3.63) is 18.3 Å². The van der Waals surface area contributed by atoms with Crippen LogP contribution in [-0.2, 0) is 0 Å². The third-order valence-electron chi connectivity index (χ3n) is 2.43. The second kappa shape index (κ2) is 5.47. The molecule has 0 radical (unpaired) electrons. The van der Waals surface area contributed by atoms with Gasteiger partial charge in [-0.2, -0.15) is 0 Å². The lowest BCUT2D eigenvalue weighted by atomic mass is 10.1. The lowest BCUT2D eigenvalue weighted by Crippen LogP contribution is -2.11. The lowest BCUT2D eigenvalue weighted by Gasteiger charge is -2.14. The standard InChI is InChI=1S/C11H18N2O/c1-3-9(4-2)8-14-10-6-5-7-13-11(10)12/h5-7,9H,3-4,8H2,1-2H3,(H2,12,13). The van der Waals surface area contributed by atoms with Crippen LogP contribution in [0.15, 0.2) is 18.3 Å². The van der Waals surface area contributed by atoms with Crippen molar-refractivity contribution in [2.24, 2.45) is 5.92 Å². The van der Waals surface area contributed by atoms with Gasteiger partial charge in [0, 0.05) is 6.20 Å². The summed E-state index contributed by atoms with van der Waals surface area (Å²) in [4.78, 5) is 3.96. The van der Waals surface area contributed by atoms with Gasteiger partial charge >= 0.3 is 0 Å². The monoisotopic (exact) mass is 194 g/mol. The molecule has 0 aliphatic rings. The van der Waals surface area contributed by atoms with Gasteiger partial charge in [0.15, 0.2) is 11.6 Å². The first-order valence-electron chi connectivity index (χ1n) is 5.11. The van der Waals surface area contributed by atoms with Crippen LogP contribution in [0.1, 0.15) is 26.7 Å². The minimum Gasteiger partial charge on any atom is -0.489 e. The van der Waals surface area contributed by atoms with Crippen molar-refractivity contribution in [2.75, 3.05) is 12.3 Å². The zero-order valence-corrected chi connectivity index (χ0v) is 8.86. The summed E-state index contributed by atoms with van der Waals surface area (Å²) in [6, 6.07) is 3.68. The van der Waals surface area contributed by atoms with Gasteiger partial charge in [0.2, 0.25) is 0 Å². The molecule has 0 aliphatic carbocycles. The van der Waals surface area contributed by atoms with Gasteiger partial charge in [-0.05, 0) is 18.1 Å². The van der Waals surface area contributed by atoms with Crippen LogP contribution in [0.2, 0.25) is 0 Å². The molecule has 0 saturated heterocycles. The molecule has 0 bridgehead atoms. The van der Waals surface area contributed by atoms with E-state index in [1.54, 1.807) is 6.20 Å². The Hall–Kier alpha value is -1.25. The fraction of sp³-hybridized carbons (Fsp3) is 0.545. The molecule has 14 heavy (non-hydrogen) atoms. The number of nitrogen functional groups attached to an aromatic ring is 1. The summed E-state index contributed by atoms with van der Waals surface area (Å²) in [6.45, 7) is 5.07. The van der Waals surface area contributed by atoms with E-state index in [1.807, 2.05) is 12.1 Å². The van der Waals surface area contributed by atoms with Crippen LogP contribution in [0.5, 0.6) is 5.75 Å². The quantitative estimate of drug-likeness (QED) is 0.783. The number of aromatic nitrogens is 1. The topological polar surface area (TPSA) is 48.1 Å². The SMILES string of the molecule is CCC(CC)COc1cccnc1N. The van der Waals surface area contributed by atoms with Gasteiger partial charge in [-0.25, -0.2) is 4.98 Å². The second-order valence-electron chi connectivity index (χ2n) is 3.38. The molecule has 0 atom stereocenters. The van der Waals surface area contributed by atoms with Crippen molar-refractivity contribution in [3.63, 3.8) is 0 Å². The Labute approximate surface area is 85.3 Å². The molecule has 0 unspecified atom stereocenters. The number of anilines is 1. The Morgan fingerprint density at radius 3 is 2.71 bits per heavy atom. The van der Waals surface area contributed by atoms with E-state index in [-0.39, 0.29) is 0 Å². The number of pyridine rings is 1. The third-order valence-corrected chi connectivity index (χ3v) is 2.43. The molecule has 3 nitrogen and oxygen atoms in total. The summed E-state index contributed by atoms with van der Waals surface area (Å²) in [5.41, 5.74) is 5.65. The maximum atomic E-state index is 5.65. The van der Waals surface area contributed by atoms with Crippen molar-refractivity contribution in [3.8, 4) is 5.75 Å². The summed E-state index contributed by atoms with van der Waals surface area (Å²) < 4.78 is 5.59. The molecular weight excluding hydrogens is 176 g/mol. The molecule has 0 aromatic carbocycles. The highest BCUT2D eigenvalue weighted by atomic mass is 16.5. The summed E-state index contributed by atoms with van der Waals surface area (Å²) in [6.07, 6.45) is 3.94. The zero-order chi connectivity index (χ0) is 10.4. The van der Waals surface area contributed by atoms with Crippen LogP contribution in [-0.4, -0.2) is 11.6 Å². The van der Waals surface area contributed by atoms with Crippen LogP contribution in [0.25, 0.3) is 0 Å². The Bertz CT molecular complexity index is 272. The van der Waals surface area contributed by atoms with Gasteiger partial charge in [0.1, 0.15) is 0 Å². The molecule has 2 N–H and O–H groups in total. The molecule has 0 aliphatic heterocycles. The van der Waals surface area contributed by atoms with E-state index in [9.17, 15) is 0 Å². The average Bonchev–Trinajstić information content (AvgIpc) is 2.22. The van der Waals surface area contributed by atoms with Crippen LogP contribution < -0.4 is 10.5 Å². The average molecular weight is 194 g/mol. The van der Waals surface area contributed by atoms with E-state index in [4.69, 9.17) is 10.5 Å². The molecule has 3 heteroatoms. The number of rotatable bonds is 5. The smallest absolute Gasteiger partial charge is 0.166 e. The fourth-order valence-electron chi connectivity index (χ4n) is 1.26. The Morgan fingerprint density at radius 2 is 2.14 bits per heavy atom. The molecule has 78 valence electrons. The predicted octanol–water partition coefficient (Wildman–Crippen LogP) is 2.48. The van der Waals surface area contributed by atoms with Gasteiger partial charge in [-0.1, -0.05) is 26.7 Å². The minimum atomic E-state index is 0.471. The number of hydrogen-bond acceptors (Lipinski definition) is 3. The molecule has 0 saturated carbocycles. The maximum Gasteiger partial charge on any atom is 0.166 e. The van der Waals surface area contributed by atoms with Crippen molar-refractivity contribution in [2.45, 2.75) is 26.7 Å². The highest BCUT2D eigenvalue weighted by Crippen LogP contribution is 2.19. The Balaban J connectivity index is 2.49. The first-order chi connectivity index (χ1) is 6.77. The lowest BCUT2D eigenvalue weighted by molar-refractivity contribution is 0.241. The first-order valence-corrected chi connectivity index (χ1v) is 5.11. The molecule has 0 amide bonds. The fourth-order valence-corrected chi connectivity index (χ4v) is 1.26. The molecule has 1 rings (SSSR count). The first kappa shape index (κ1) is 10.8. The number of nitrogens with two attached hydrogens (primary N) is 1. The van der Waals surface area contributed by atoms with E-state index >= 15 is 0 Å². The molecule has 0 fully saturated rings. The Kier molecular flexibility index (Phi) is 4.23. The van der Waals surface area contributed by atoms with Crippen molar-refractivity contribution in [1.82, 2.24) is 4.98 Å². The molecule has 1 aromatic heterocycles. The zero-order valence-electron chi connectivity index (χ0n) is 8.86. The molecule has 1 heterocycles. The number of hydrogen-bond donors (Lipinski definition) is 1. The van der Waals surface area contributed by atoms with Gasteiger partial charge in [-0.15, -0.1) is 0 Å². The summed E-state index contributed by atoms with van der Waals surface area (Å²) in [7, 11) is 0. The molecule has 1 aromatic rings. The maximum absolute atomic E-state index is 5.65.